The van der Waals surface area contributed by atoms with Crippen LogP contribution in [0.2, 0.25) is 0 Å². The molecule has 0 unspecified atom stereocenters. The smallest absolute Gasteiger partial charge is 0.271 e. The summed E-state index contributed by atoms with van der Waals surface area (Å²) in [5, 5.41) is 16.6. The number of nitro benzene ring substituents is 1. The quantitative estimate of drug-likeness (QED) is 0.127. The van der Waals surface area contributed by atoms with Gasteiger partial charge in [-0.25, -0.2) is 4.98 Å². The first-order valence-electron chi connectivity index (χ1n) is 12.2. The summed E-state index contributed by atoms with van der Waals surface area (Å²) in [5.41, 5.74) is 3.56. The van der Waals surface area contributed by atoms with Crippen LogP contribution in [-0.4, -0.2) is 40.4 Å². The number of hydrogen-bond donors (Lipinski definition) is 1. The standard InChI is InChI=1S/C29H22N4O6S/c1-37-25-10-6-4-8-23(25)32-22-12-11-17(33(35)36)13-20(22)31-29(32)40-16-28(34)30-21-15-26-19(14-27(21)38-2)18-7-3-5-9-24(18)39-26/h3-15H,16H2,1-2H3,(H,30,34). The lowest BCUT2D eigenvalue weighted by Crippen LogP contribution is -2.15. The van der Waals surface area contributed by atoms with Crippen LogP contribution in [0.4, 0.5) is 11.4 Å². The second-order valence-corrected chi connectivity index (χ2v) is 9.76. The third-order valence-corrected chi connectivity index (χ3v) is 7.39. The van der Waals surface area contributed by atoms with Gasteiger partial charge in [0.05, 0.1) is 47.3 Å². The van der Waals surface area contributed by atoms with Crippen molar-refractivity contribution in [3.63, 3.8) is 0 Å². The van der Waals surface area contributed by atoms with E-state index in [2.05, 4.69) is 10.3 Å². The predicted octanol–water partition coefficient (Wildman–Crippen LogP) is 6.58. The summed E-state index contributed by atoms with van der Waals surface area (Å²) in [4.78, 5) is 28.6. The highest BCUT2D eigenvalue weighted by Gasteiger charge is 2.20. The van der Waals surface area contributed by atoms with Gasteiger partial charge in [0.25, 0.3) is 5.69 Å². The molecule has 11 heteroatoms. The average Bonchev–Trinajstić information content (AvgIpc) is 3.52. The number of rotatable bonds is 8. The number of ether oxygens (including phenoxy) is 2. The maximum Gasteiger partial charge on any atom is 0.271 e. The fourth-order valence-electron chi connectivity index (χ4n) is 4.64. The Balaban J connectivity index is 1.32. The van der Waals surface area contributed by atoms with Crippen molar-refractivity contribution in [3.8, 4) is 17.2 Å². The van der Waals surface area contributed by atoms with Gasteiger partial charge in [0.1, 0.15) is 22.7 Å². The van der Waals surface area contributed by atoms with Crippen LogP contribution in [-0.2, 0) is 4.79 Å². The Labute approximate surface area is 231 Å². The minimum Gasteiger partial charge on any atom is -0.495 e. The maximum atomic E-state index is 13.1. The van der Waals surface area contributed by atoms with Gasteiger partial charge >= 0.3 is 0 Å². The molecule has 0 fully saturated rings. The van der Waals surface area contributed by atoms with Gasteiger partial charge in [-0.15, -0.1) is 0 Å². The van der Waals surface area contributed by atoms with Gasteiger partial charge in [0.2, 0.25) is 5.91 Å². The van der Waals surface area contributed by atoms with E-state index in [4.69, 9.17) is 13.9 Å². The van der Waals surface area contributed by atoms with Crippen LogP contribution >= 0.6 is 11.8 Å². The van der Waals surface area contributed by atoms with E-state index in [1.807, 2.05) is 59.2 Å². The average molecular weight is 555 g/mol. The van der Waals surface area contributed by atoms with Gasteiger partial charge < -0.3 is 19.2 Å². The Morgan fingerprint density at radius 2 is 1.75 bits per heavy atom. The van der Waals surface area contributed by atoms with E-state index in [0.717, 1.165) is 16.4 Å². The first-order valence-corrected chi connectivity index (χ1v) is 13.2. The van der Waals surface area contributed by atoms with E-state index in [0.29, 0.717) is 44.6 Å². The van der Waals surface area contributed by atoms with Crippen molar-refractivity contribution in [3.05, 3.63) is 89.0 Å². The summed E-state index contributed by atoms with van der Waals surface area (Å²) in [6.45, 7) is 0. The number of furan rings is 1. The number of aromatic nitrogens is 2. The fourth-order valence-corrected chi connectivity index (χ4v) is 5.46. The maximum absolute atomic E-state index is 13.1. The van der Waals surface area contributed by atoms with E-state index >= 15 is 0 Å². The molecule has 0 aliphatic rings. The second kappa shape index (κ2) is 10.3. The highest BCUT2D eigenvalue weighted by molar-refractivity contribution is 7.99. The molecule has 4 aromatic carbocycles. The Morgan fingerprint density at radius 3 is 2.55 bits per heavy atom. The monoisotopic (exact) mass is 554 g/mol. The number of carbonyl (C=O) groups excluding carboxylic acids is 1. The molecule has 0 spiro atoms. The molecular formula is C29H22N4O6S. The molecule has 1 N–H and O–H groups in total. The third kappa shape index (κ3) is 4.46. The topological polar surface area (TPSA) is 122 Å². The molecular weight excluding hydrogens is 532 g/mol. The second-order valence-electron chi connectivity index (χ2n) is 8.82. The van der Waals surface area contributed by atoms with Gasteiger partial charge in [0.15, 0.2) is 5.16 Å². The fraction of sp³-hybridized carbons (Fsp3) is 0.103. The van der Waals surface area contributed by atoms with Gasteiger partial charge in [-0.1, -0.05) is 42.1 Å². The number of non-ortho nitro benzene ring substituents is 1. The lowest BCUT2D eigenvalue weighted by Gasteiger charge is -2.13. The number of nitrogens with zero attached hydrogens (tertiary/aromatic N) is 3. The number of imidazole rings is 1. The first kappa shape index (κ1) is 25.3. The number of benzene rings is 4. The van der Waals surface area contributed by atoms with Crippen molar-refractivity contribution in [1.29, 1.82) is 0 Å². The van der Waals surface area contributed by atoms with E-state index in [9.17, 15) is 14.9 Å². The van der Waals surface area contributed by atoms with Crippen LogP contribution in [0.1, 0.15) is 0 Å². The molecule has 0 atom stereocenters. The van der Waals surface area contributed by atoms with Crippen LogP contribution in [0.3, 0.4) is 0 Å². The number of hydrogen-bond acceptors (Lipinski definition) is 8. The highest BCUT2D eigenvalue weighted by Crippen LogP contribution is 2.37. The van der Waals surface area contributed by atoms with E-state index in [1.165, 1.54) is 23.9 Å². The van der Waals surface area contributed by atoms with Crippen molar-refractivity contribution in [1.82, 2.24) is 9.55 Å². The molecule has 0 aliphatic carbocycles. The lowest BCUT2D eigenvalue weighted by atomic mass is 10.1. The largest absolute Gasteiger partial charge is 0.495 e. The van der Waals surface area contributed by atoms with Crippen molar-refractivity contribution in [2.75, 3.05) is 25.3 Å². The zero-order valence-corrected chi connectivity index (χ0v) is 22.2. The van der Waals surface area contributed by atoms with Gasteiger partial charge in [-0.2, -0.15) is 0 Å². The molecule has 0 radical (unpaired) electrons. The molecule has 10 nitrogen and oxygen atoms in total. The molecule has 200 valence electrons. The van der Waals surface area contributed by atoms with Crippen LogP contribution in [0.5, 0.6) is 11.5 Å². The molecule has 40 heavy (non-hydrogen) atoms. The zero-order chi connectivity index (χ0) is 27.8. The summed E-state index contributed by atoms with van der Waals surface area (Å²) in [5.74, 6) is 0.826. The number of fused-ring (bicyclic) bond motifs is 4. The Hall–Kier alpha value is -5.03. The van der Waals surface area contributed by atoms with Crippen LogP contribution < -0.4 is 14.8 Å². The number of thioether (sulfide) groups is 1. The number of carbonyl (C=O) groups is 1. The van der Waals surface area contributed by atoms with Crippen molar-refractivity contribution in [2.45, 2.75) is 5.16 Å². The minimum atomic E-state index is -0.464. The normalized spacial score (nSPS) is 11.2. The molecule has 0 saturated heterocycles. The molecule has 1 amide bonds. The van der Waals surface area contributed by atoms with Crippen molar-refractivity contribution < 1.29 is 23.6 Å². The first-order chi connectivity index (χ1) is 19.5. The summed E-state index contributed by atoms with van der Waals surface area (Å²) < 4.78 is 18.9. The molecule has 0 bridgehead atoms. The van der Waals surface area contributed by atoms with Crippen LogP contribution in [0.25, 0.3) is 38.7 Å². The van der Waals surface area contributed by atoms with Crippen LogP contribution in [0, 0.1) is 10.1 Å². The number of para-hydroxylation sites is 3. The summed E-state index contributed by atoms with van der Waals surface area (Å²) >= 11 is 1.20. The Kier molecular flexibility index (Phi) is 6.48. The van der Waals surface area contributed by atoms with Crippen molar-refractivity contribution in [2.24, 2.45) is 0 Å². The molecule has 2 aromatic heterocycles. The van der Waals surface area contributed by atoms with E-state index in [1.54, 1.807) is 26.4 Å². The number of nitro groups is 1. The van der Waals surface area contributed by atoms with Gasteiger partial charge in [-0.3, -0.25) is 19.5 Å². The minimum absolute atomic E-state index is 0.0158. The highest BCUT2D eigenvalue weighted by atomic mass is 32.2. The zero-order valence-electron chi connectivity index (χ0n) is 21.4. The number of methoxy groups -OCH3 is 2. The molecule has 6 aromatic rings. The lowest BCUT2D eigenvalue weighted by molar-refractivity contribution is -0.384. The third-order valence-electron chi connectivity index (χ3n) is 6.45. The van der Waals surface area contributed by atoms with Crippen LogP contribution in [0.15, 0.2) is 88.4 Å². The van der Waals surface area contributed by atoms with Gasteiger partial charge in [-0.05, 0) is 30.3 Å². The summed E-state index contributed by atoms with van der Waals surface area (Å²) in [7, 11) is 3.11. The molecule has 6 rings (SSSR count). The molecule has 0 aliphatic heterocycles. The summed E-state index contributed by atoms with van der Waals surface area (Å²) in [6, 6.07) is 23.2. The number of nitrogens with one attached hydrogen (secondary N) is 1. The number of amides is 1. The molecule has 2 heterocycles. The van der Waals surface area contributed by atoms with Crippen molar-refractivity contribution >= 4 is 62.0 Å². The Morgan fingerprint density at radius 1 is 0.975 bits per heavy atom. The molecule has 0 saturated carbocycles. The van der Waals surface area contributed by atoms with E-state index in [-0.39, 0.29) is 17.3 Å². The summed E-state index contributed by atoms with van der Waals surface area (Å²) in [6.07, 6.45) is 0. The predicted molar refractivity (Wildman–Crippen MR) is 154 cm³/mol. The Bertz CT molecular complexity index is 1930. The van der Waals surface area contributed by atoms with Gasteiger partial charge in [0, 0.05) is 29.0 Å². The number of anilines is 1. The van der Waals surface area contributed by atoms with E-state index < -0.39 is 4.92 Å². The SMILES string of the molecule is COc1cc2c(cc1NC(=O)CSc1nc3cc([N+](=O)[O-])ccc3n1-c1ccccc1OC)oc1ccccc12.